The van der Waals surface area contributed by atoms with E-state index in [4.69, 9.17) is 4.74 Å². The summed E-state index contributed by atoms with van der Waals surface area (Å²) in [7, 11) is 1.65. The number of ketones is 1. The SMILES string of the molecule is CO/C=C1\CC[C@H]2CC(=O)[C@@]12C=C(C)C. The second-order valence-electron chi connectivity index (χ2n) is 4.83. The Morgan fingerprint density at radius 2 is 2.27 bits per heavy atom. The van der Waals surface area contributed by atoms with E-state index in [9.17, 15) is 4.79 Å². The lowest BCUT2D eigenvalue weighted by molar-refractivity contribution is -0.136. The van der Waals surface area contributed by atoms with Gasteiger partial charge >= 0.3 is 0 Å². The molecule has 0 N–H and O–H groups in total. The Balaban J connectivity index is 2.41. The Bertz CT molecular complexity index is 348. The Morgan fingerprint density at radius 1 is 1.53 bits per heavy atom. The van der Waals surface area contributed by atoms with E-state index >= 15 is 0 Å². The number of carbonyl (C=O) groups is 1. The molecule has 2 atom stereocenters. The molecule has 0 amide bonds. The molecule has 0 saturated heterocycles. The molecule has 2 rings (SSSR count). The van der Waals surface area contributed by atoms with Gasteiger partial charge in [0, 0.05) is 6.42 Å². The Morgan fingerprint density at radius 3 is 2.80 bits per heavy atom. The fraction of sp³-hybridized carbons (Fsp3) is 0.615. The van der Waals surface area contributed by atoms with Crippen LogP contribution in [-0.2, 0) is 9.53 Å². The molecule has 0 bridgehead atoms. The molecule has 0 aliphatic heterocycles. The molecular formula is C13H18O2. The number of methoxy groups -OCH3 is 1. The molecule has 0 spiro atoms. The van der Waals surface area contributed by atoms with Gasteiger partial charge in [0.05, 0.1) is 18.8 Å². The van der Waals surface area contributed by atoms with Gasteiger partial charge in [-0.25, -0.2) is 0 Å². The smallest absolute Gasteiger partial charge is 0.147 e. The number of Topliss-reactive ketones (excluding diaryl/α,β-unsaturated/α-hetero) is 1. The van der Waals surface area contributed by atoms with E-state index < -0.39 is 0 Å². The molecule has 2 fully saturated rings. The van der Waals surface area contributed by atoms with Gasteiger partial charge in [-0.3, -0.25) is 4.79 Å². The summed E-state index contributed by atoms with van der Waals surface area (Å²) >= 11 is 0. The van der Waals surface area contributed by atoms with Crippen LogP contribution >= 0.6 is 0 Å². The monoisotopic (exact) mass is 206 g/mol. The highest BCUT2D eigenvalue weighted by atomic mass is 16.5. The maximum atomic E-state index is 11.9. The van der Waals surface area contributed by atoms with Crippen molar-refractivity contribution in [1.29, 1.82) is 0 Å². The minimum atomic E-state index is -0.283. The van der Waals surface area contributed by atoms with E-state index in [-0.39, 0.29) is 5.41 Å². The minimum Gasteiger partial charge on any atom is -0.504 e. The Hall–Kier alpha value is -1.05. The van der Waals surface area contributed by atoms with Crippen molar-refractivity contribution in [2.45, 2.75) is 33.1 Å². The van der Waals surface area contributed by atoms with E-state index in [0.717, 1.165) is 19.3 Å². The quantitative estimate of drug-likeness (QED) is 0.513. The first-order valence-corrected chi connectivity index (χ1v) is 5.53. The molecule has 15 heavy (non-hydrogen) atoms. The van der Waals surface area contributed by atoms with Crippen LogP contribution in [0.3, 0.4) is 0 Å². The molecule has 0 aromatic carbocycles. The molecule has 82 valence electrons. The average molecular weight is 206 g/mol. The summed E-state index contributed by atoms with van der Waals surface area (Å²) in [4.78, 5) is 11.9. The van der Waals surface area contributed by atoms with Crippen LogP contribution in [0.25, 0.3) is 0 Å². The lowest BCUT2D eigenvalue weighted by Crippen LogP contribution is -2.46. The summed E-state index contributed by atoms with van der Waals surface area (Å²) in [5.74, 6) is 0.899. The largest absolute Gasteiger partial charge is 0.504 e. The Kier molecular flexibility index (Phi) is 2.45. The first-order chi connectivity index (χ1) is 7.11. The van der Waals surface area contributed by atoms with Gasteiger partial charge < -0.3 is 4.74 Å². The van der Waals surface area contributed by atoms with Crippen molar-refractivity contribution in [3.63, 3.8) is 0 Å². The van der Waals surface area contributed by atoms with Crippen LogP contribution in [0, 0.1) is 11.3 Å². The van der Waals surface area contributed by atoms with Gasteiger partial charge in [0.15, 0.2) is 0 Å². The molecule has 2 saturated carbocycles. The third kappa shape index (κ3) is 1.35. The van der Waals surface area contributed by atoms with Crippen molar-refractivity contribution in [2.75, 3.05) is 7.11 Å². The maximum Gasteiger partial charge on any atom is 0.147 e. The number of hydrogen-bond donors (Lipinski definition) is 0. The predicted octanol–water partition coefficient (Wildman–Crippen LogP) is 2.85. The van der Waals surface area contributed by atoms with Crippen molar-refractivity contribution in [2.24, 2.45) is 11.3 Å². The van der Waals surface area contributed by atoms with Crippen LogP contribution in [0.1, 0.15) is 33.1 Å². The molecule has 0 unspecified atom stereocenters. The van der Waals surface area contributed by atoms with Crippen LogP contribution < -0.4 is 0 Å². The van der Waals surface area contributed by atoms with Gasteiger partial charge in [-0.1, -0.05) is 11.6 Å². The number of rotatable bonds is 2. The molecule has 2 heteroatoms. The van der Waals surface area contributed by atoms with Crippen LogP contribution in [0.15, 0.2) is 23.5 Å². The molecule has 2 aliphatic rings. The zero-order valence-corrected chi connectivity index (χ0v) is 9.67. The summed E-state index contributed by atoms with van der Waals surface area (Å²) < 4.78 is 5.09. The zero-order valence-electron chi connectivity index (χ0n) is 9.67. The van der Waals surface area contributed by atoms with Gasteiger partial charge in [0.25, 0.3) is 0 Å². The van der Waals surface area contributed by atoms with Crippen molar-refractivity contribution in [3.8, 4) is 0 Å². The number of ether oxygens (including phenoxy) is 1. The third-order valence-electron chi connectivity index (χ3n) is 3.61. The predicted molar refractivity (Wildman–Crippen MR) is 59.3 cm³/mol. The van der Waals surface area contributed by atoms with E-state index in [2.05, 4.69) is 19.9 Å². The standard InChI is InChI=1S/C13H18O2/c1-9(2)7-13-10(6-12(13)14)4-5-11(13)8-15-3/h7-8,10H,4-6H2,1-3H3/b11-8+/t10-,13+/m0/s1. The zero-order chi connectivity index (χ0) is 11.1. The van der Waals surface area contributed by atoms with Gasteiger partial charge in [0.2, 0.25) is 0 Å². The van der Waals surface area contributed by atoms with Gasteiger partial charge in [-0.2, -0.15) is 0 Å². The molecule has 0 aromatic heterocycles. The summed E-state index contributed by atoms with van der Waals surface area (Å²) in [5.41, 5.74) is 2.11. The van der Waals surface area contributed by atoms with Gasteiger partial charge in [-0.15, -0.1) is 0 Å². The van der Waals surface area contributed by atoms with Crippen molar-refractivity contribution < 1.29 is 9.53 Å². The third-order valence-corrected chi connectivity index (χ3v) is 3.61. The maximum absolute atomic E-state index is 11.9. The van der Waals surface area contributed by atoms with Crippen molar-refractivity contribution in [3.05, 3.63) is 23.5 Å². The van der Waals surface area contributed by atoms with E-state index in [1.165, 1.54) is 11.1 Å². The van der Waals surface area contributed by atoms with Crippen molar-refractivity contribution in [1.82, 2.24) is 0 Å². The normalized spacial score (nSPS) is 36.1. The van der Waals surface area contributed by atoms with Crippen molar-refractivity contribution >= 4 is 5.78 Å². The summed E-state index contributed by atoms with van der Waals surface area (Å²) in [6.07, 6.45) is 6.81. The summed E-state index contributed by atoms with van der Waals surface area (Å²) in [5, 5.41) is 0. The van der Waals surface area contributed by atoms with Crippen LogP contribution in [-0.4, -0.2) is 12.9 Å². The summed E-state index contributed by atoms with van der Waals surface area (Å²) in [6.45, 7) is 4.11. The molecule has 0 radical (unpaired) electrons. The number of carbonyl (C=O) groups excluding carboxylic acids is 1. The van der Waals surface area contributed by atoms with Crippen LogP contribution in [0.5, 0.6) is 0 Å². The minimum absolute atomic E-state index is 0.283. The van der Waals surface area contributed by atoms with E-state index in [1.54, 1.807) is 13.4 Å². The lowest BCUT2D eigenvalue weighted by Gasteiger charge is -2.42. The fourth-order valence-electron chi connectivity index (χ4n) is 3.00. The van der Waals surface area contributed by atoms with E-state index in [1.807, 2.05) is 0 Å². The second kappa shape index (κ2) is 3.51. The highest BCUT2D eigenvalue weighted by molar-refractivity contribution is 5.97. The van der Waals surface area contributed by atoms with E-state index in [0.29, 0.717) is 11.7 Å². The molecule has 0 heterocycles. The topological polar surface area (TPSA) is 26.3 Å². The molecule has 2 nitrogen and oxygen atoms in total. The van der Waals surface area contributed by atoms with Crippen LogP contribution in [0.2, 0.25) is 0 Å². The number of allylic oxidation sites excluding steroid dienone is 3. The highest BCUT2D eigenvalue weighted by Gasteiger charge is 2.58. The summed E-state index contributed by atoms with van der Waals surface area (Å²) in [6, 6.07) is 0. The fourth-order valence-corrected chi connectivity index (χ4v) is 3.00. The number of hydrogen-bond acceptors (Lipinski definition) is 2. The van der Waals surface area contributed by atoms with Gasteiger partial charge in [0.1, 0.15) is 5.78 Å². The number of fused-ring (bicyclic) bond motifs is 1. The molecule has 0 aromatic rings. The first-order valence-electron chi connectivity index (χ1n) is 5.53. The highest BCUT2D eigenvalue weighted by Crippen LogP contribution is 2.59. The molecular weight excluding hydrogens is 188 g/mol. The molecule has 2 aliphatic carbocycles. The lowest BCUT2D eigenvalue weighted by atomic mass is 9.59. The Labute approximate surface area is 91.0 Å². The average Bonchev–Trinajstić information content (AvgIpc) is 2.42. The second-order valence-corrected chi connectivity index (χ2v) is 4.83. The van der Waals surface area contributed by atoms with Crippen LogP contribution in [0.4, 0.5) is 0 Å². The first kappa shape index (κ1) is 10.5. The van der Waals surface area contributed by atoms with Gasteiger partial charge in [-0.05, 0) is 38.2 Å².